The predicted octanol–water partition coefficient (Wildman–Crippen LogP) is 0.600. The Morgan fingerprint density at radius 2 is 2.07 bits per heavy atom. The Morgan fingerprint density at radius 1 is 1.43 bits per heavy atom. The lowest BCUT2D eigenvalue weighted by atomic mass is 10.1. The molecule has 0 aliphatic carbocycles. The number of nitrogens with zero attached hydrogens (tertiary/aromatic N) is 1. The number of aliphatic hydroxyl groups is 1. The average molecular weight is 194 g/mol. The number of non-ortho nitro benzene ring substituents is 1. The van der Waals surface area contributed by atoms with Crippen molar-refractivity contribution in [2.75, 3.05) is 6.61 Å². The maximum absolute atomic E-state index is 10.4. The number of nitro groups is 1. The second kappa shape index (κ2) is 3.36. The number of hydrogen-bond acceptors (Lipinski definition) is 4. The Morgan fingerprint density at radius 3 is 2.50 bits per heavy atom. The van der Waals surface area contributed by atoms with E-state index >= 15 is 0 Å². The molecule has 1 aliphatic heterocycles. The van der Waals surface area contributed by atoms with Crippen molar-refractivity contribution in [1.82, 2.24) is 5.32 Å². The van der Waals surface area contributed by atoms with E-state index in [1.54, 1.807) is 12.1 Å². The molecule has 1 aromatic carbocycles. The molecule has 0 radical (unpaired) electrons. The third-order valence-electron chi connectivity index (χ3n) is 2.35. The van der Waals surface area contributed by atoms with Crippen LogP contribution in [0.25, 0.3) is 0 Å². The van der Waals surface area contributed by atoms with Crippen molar-refractivity contribution in [1.29, 1.82) is 0 Å². The molecule has 5 nitrogen and oxygen atoms in total. The van der Waals surface area contributed by atoms with E-state index in [0.717, 1.165) is 5.56 Å². The van der Waals surface area contributed by atoms with Crippen LogP contribution in [0.1, 0.15) is 11.6 Å². The summed E-state index contributed by atoms with van der Waals surface area (Å²) in [4.78, 5) is 9.95. The second-order valence-corrected chi connectivity index (χ2v) is 3.28. The molecule has 1 aromatic rings. The van der Waals surface area contributed by atoms with Crippen molar-refractivity contribution < 1.29 is 10.0 Å². The molecular weight excluding hydrogens is 184 g/mol. The summed E-state index contributed by atoms with van der Waals surface area (Å²) in [6, 6.07) is 6.64. The van der Waals surface area contributed by atoms with Gasteiger partial charge in [-0.25, -0.2) is 0 Å². The van der Waals surface area contributed by atoms with E-state index in [9.17, 15) is 10.1 Å². The Bertz CT molecular complexity index is 350. The molecule has 0 aromatic heterocycles. The number of rotatable bonds is 3. The van der Waals surface area contributed by atoms with Crippen LogP contribution in [0.2, 0.25) is 0 Å². The Labute approximate surface area is 80.5 Å². The van der Waals surface area contributed by atoms with Gasteiger partial charge in [-0.05, 0) is 5.56 Å². The monoisotopic (exact) mass is 194 g/mol. The second-order valence-electron chi connectivity index (χ2n) is 3.28. The first-order valence-electron chi connectivity index (χ1n) is 4.33. The lowest BCUT2D eigenvalue weighted by Gasteiger charge is -1.96. The summed E-state index contributed by atoms with van der Waals surface area (Å²) < 4.78 is 0. The number of benzene rings is 1. The van der Waals surface area contributed by atoms with Crippen LogP contribution in [-0.4, -0.2) is 22.7 Å². The maximum atomic E-state index is 10.4. The van der Waals surface area contributed by atoms with Gasteiger partial charge in [0.25, 0.3) is 5.69 Å². The molecule has 0 unspecified atom stereocenters. The lowest BCUT2D eigenvalue weighted by molar-refractivity contribution is -0.384. The molecule has 0 amide bonds. The van der Waals surface area contributed by atoms with Gasteiger partial charge < -0.3 is 10.4 Å². The van der Waals surface area contributed by atoms with E-state index in [2.05, 4.69) is 5.32 Å². The molecule has 0 bridgehead atoms. The van der Waals surface area contributed by atoms with Crippen molar-refractivity contribution in [2.45, 2.75) is 12.1 Å². The molecule has 0 saturated carbocycles. The van der Waals surface area contributed by atoms with Gasteiger partial charge in [-0.15, -0.1) is 0 Å². The molecular formula is C9H10N2O3. The SMILES string of the molecule is O=[N+]([O-])c1ccc([C@@H]2N[C@H]2CO)cc1. The number of aliphatic hydroxyl groups excluding tert-OH is 1. The van der Waals surface area contributed by atoms with Crippen LogP contribution < -0.4 is 5.32 Å². The summed E-state index contributed by atoms with van der Waals surface area (Å²) in [5.41, 5.74) is 1.07. The molecule has 0 spiro atoms. The highest BCUT2D eigenvalue weighted by molar-refractivity contribution is 5.36. The van der Waals surface area contributed by atoms with Crippen molar-refractivity contribution in [3.05, 3.63) is 39.9 Å². The van der Waals surface area contributed by atoms with E-state index in [-0.39, 0.29) is 24.4 Å². The fourth-order valence-electron chi connectivity index (χ4n) is 1.47. The number of nitrogens with one attached hydrogen (secondary N) is 1. The fraction of sp³-hybridized carbons (Fsp3) is 0.333. The van der Waals surface area contributed by atoms with Crippen LogP contribution in [-0.2, 0) is 0 Å². The molecule has 2 N–H and O–H groups in total. The van der Waals surface area contributed by atoms with Gasteiger partial charge in [-0.1, -0.05) is 12.1 Å². The summed E-state index contributed by atoms with van der Waals surface area (Å²) >= 11 is 0. The van der Waals surface area contributed by atoms with Gasteiger partial charge in [0, 0.05) is 12.1 Å². The highest BCUT2D eigenvalue weighted by Crippen LogP contribution is 2.29. The minimum absolute atomic E-state index is 0.0925. The molecule has 5 heteroatoms. The molecule has 1 heterocycles. The topological polar surface area (TPSA) is 85.3 Å². The van der Waals surface area contributed by atoms with Gasteiger partial charge >= 0.3 is 0 Å². The molecule has 2 rings (SSSR count). The van der Waals surface area contributed by atoms with Crippen LogP contribution in [0, 0.1) is 10.1 Å². The third-order valence-corrected chi connectivity index (χ3v) is 2.35. The Hall–Kier alpha value is -1.46. The third kappa shape index (κ3) is 1.59. The van der Waals surface area contributed by atoms with Crippen molar-refractivity contribution >= 4 is 5.69 Å². The summed E-state index contributed by atoms with van der Waals surface area (Å²) in [5, 5.41) is 22.2. The first kappa shape index (κ1) is 9.11. The van der Waals surface area contributed by atoms with Crippen LogP contribution in [0.4, 0.5) is 5.69 Å². The van der Waals surface area contributed by atoms with E-state index in [4.69, 9.17) is 5.11 Å². The maximum Gasteiger partial charge on any atom is 0.269 e. The van der Waals surface area contributed by atoms with Gasteiger partial charge in [0.15, 0.2) is 0 Å². The predicted molar refractivity (Wildman–Crippen MR) is 49.8 cm³/mol. The molecule has 1 aliphatic rings. The first-order valence-corrected chi connectivity index (χ1v) is 4.33. The molecule has 1 fully saturated rings. The smallest absolute Gasteiger partial charge is 0.269 e. The van der Waals surface area contributed by atoms with Crippen LogP contribution in [0.3, 0.4) is 0 Å². The normalized spacial score (nSPS) is 24.6. The Balaban J connectivity index is 2.11. The summed E-state index contributed by atoms with van der Waals surface area (Å²) in [5.74, 6) is 0. The van der Waals surface area contributed by atoms with Gasteiger partial charge in [-0.2, -0.15) is 0 Å². The van der Waals surface area contributed by atoms with Crippen molar-refractivity contribution in [2.24, 2.45) is 0 Å². The van der Waals surface area contributed by atoms with Crippen LogP contribution in [0.15, 0.2) is 24.3 Å². The van der Waals surface area contributed by atoms with Crippen LogP contribution in [0.5, 0.6) is 0 Å². The zero-order valence-corrected chi connectivity index (χ0v) is 7.38. The zero-order chi connectivity index (χ0) is 10.1. The van der Waals surface area contributed by atoms with Crippen molar-refractivity contribution in [3.63, 3.8) is 0 Å². The standard InChI is InChI=1S/C9H10N2O3/c12-5-8-9(10-8)6-1-3-7(4-2-6)11(13)14/h1-4,8-10,12H,5H2/t8-,9-/m0/s1. The average Bonchev–Trinajstić information content (AvgIpc) is 2.97. The van der Waals surface area contributed by atoms with E-state index in [1.807, 2.05) is 0 Å². The number of nitro benzene ring substituents is 1. The first-order chi connectivity index (χ1) is 6.72. The van der Waals surface area contributed by atoms with Gasteiger partial charge in [0.05, 0.1) is 23.6 Å². The fourth-order valence-corrected chi connectivity index (χ4v) is 1.47. The highest BCUT2D eigenvalue weighted by atomic mass is 16.6. The molecule has 14 heavy (non-hydrogen) atoms. The van der Waals surface area contributed by atoms with E-state index < -0.39 is 4.92 Å². The lowest BCUT2D eigenvalue weighted by Crippen LogP contribution is -1.96. The molecule has 1 saturated heterocycles. The van der Waals surface area contributed by atoms with Crippen molar-refractivity contribution in [3.8, 4) is 0 Å². The summed E-state index contributed by atoms with van der Waals surface area (Å²) in [6.07, 6.45) is 0. The minimum atomic E-state index is -0.423. The van der Waals surface area contributed by atoms with E-state index in [1.165, 1.54) is 12.1 Å². The minimum Gasteiger partial charge on any atom is -0.395 e. The zero-order valence-electron chi connectivity index (χ0n) is 7.38. The quantitative estimate of drug-likeness (QED) is 0.419. The van der Waals surface area contributed by atoms with Gasteiger partial charge in [0.1, 0.15) is 0 Å². The van der Waals surface area contributed by atoms with Gasteiger partial charge in [-0.3, -0.25) is 10.1 Å². The molecule has 74 valence electrons. The van der Waals surface area contributed by atoms with Crippen LogP contribution >= 0.6 is 0 Å². The largest absolute Gasteiger partial charge is 0.395 e. The number of hydrogen-bond donors (Lipinski definition) is 2. The van der Waals surface area contributed by atoms with E-state index in [0.29, 0.717) is 0 Å². The van der Waals surface area contributed by atoms with Gasteiger partial charge in [0.2, 0.25) is 0 Å². The summed E-state index contributed by atoms with van der Waals surface area (Å²) in [7, 11) is 0. The highest BCUT2D eigenvalue weighted by Gasteiger charge is 2.36. The summed E-state index contributed by atoms with van der Waals surface area (Å²) in [6.45, 7) is 0.0989. The Kier molecular flexibility index (Phi) is 2.18. The molecule has 2 atom stereocenters.